The van der Waals surface area contributed by atoms with E-state index in [-0.39, 0.29) is 0 Å². The Balaban J connectivity index is 1.78. The number of anilines is 1. The summed E-state index contributed by atoms with van der Waals surface area (Å²) in [6.07, 6.45) is 0. The SMILES string of the molecule is CN1C(=O)C(=O)N(CC(=O)Nc2ccccc2-c2ccccc2)C1=O. The van der Waals surface area contributed by atoms with Crippen molar-refractivity contribution in [3.63, 3.8) is 0 Å². The molecule has 126 valence electrons. The van der Waals surface area contributed by atoms with Gasteiger partial charge in [0.1, 0.15) is 6.54 Å². The van der Waals surface area contributed by atoms with Gasteiger partial charge in [-0.15, -0.1) is 0 Å². The highest BCUT2D eigenvalue weighted by atomic mass is 16.2. The van der Waals surface area contributed by atoms with Gasteiger partial charge in [0.05, 0.1) is 0 Å². The molecular formula is C18H15N3O4. The molecule has 2 aromatic carbocycles. The van der Waals surface area contributed by atoms with Gasteiger partial charge in [-0.25, -0.2) is 9.69 Å². The van der Waals surface area contributed by atoms with Gasteiger partial charge in [-0.1, -0.05) is 48.5 Å². The number of amides is 5. The van der Waals surface area contributed by atoms with E-state index < -0.39 is 30.3 Å². The van der Waals surface area contributed by atoms with Crippen molar-refractivity contribution < 1.29 is 19.2 Å². The molecule has 1 saturated heterocycles. The van der Waals surface area contributed by atoms with Crippen LogP contribution in [0.3, 0.4) is 0 Å². The molecule has 0 bridgehead atoms. The predicted molar refractivity (Wildman–Crippen MR) is 90.4 cm³/mol. The first kappa shape index (κ1) is 16.4. The van der Waals surface area contributed by atoms with Crippen molar-refractivity contribution in [3.05, 3.63) is 54.6 Å². The van der Waals surface area contributed by atoms with Crippen LogP contribution in [0.5, 0.6) is 0 Å². The summed E-state index contributed by atoms with van der Waals surface area (Å²) in [7, 11) is 1.20. The first-order chi connectivity index (χ1) is 12.0. The monoisotopic (exact) mass is 337 g/mol. The number of nitrogens with one attached hydrogen (secondary N) is 1. The molecule has 1 aliphatic rings. The fourth-order valence-electron chi connectivity index (χ4n) is 2.55. The molecule has 5 amide bonds. The zero-order chi connectivity index (χ0) is 18.0. The van der Waals surface area contributed by atoms with E-state index in [4.69, 9.17) is 0 Å². The zero-order valence-corrected chi connectivity index (χ0v) is 13.4. The van der Waals surface area contributed by atoms with E-state index in [0.29, 0.717) is 15.5 Å². The number of para-hydroxylation sites is 1. The predicted octanol–water partition coefficient (Wildman–Crippen LogP) is 1.71. The van der Waals surface area contributed by atoms with Crippen molar-refractivity contribution in [1.82, 2.24) is 9.80 Å². The molecule has 25 heavy (non-hydrogen) atoms. The Hall–Kier alpha value is -3.48. The lowest BCUT2D eigenvalue weighted by molar-refractivity contribution is -0.143. The molecule has 1 heterocycles. The van der Waals surface area contributed by atoms with E-state index in [2.05, 4.69) is 5.32 Å². The van der Waals surface area contributed by atoms with E-state index in [1.165, 1.54) is 7.05 Å². The topological polar surface area (TPSA) is 86.8 Å². The second-order valence-electron chi connectivity index (χ2n) is 5.50. The average molecular weight is 337 g/mol. The molecule has 0 radical (unpaired) electrons. The van der Waals surface area contributed by atoms with Crippen LogP contribution in [0.25, 0.3) is 11.1 Å². The van der Waals surface area contributed by atoms with Crippen LogP contribution in [0.15, 0.2) is 54.6 Å². The first-order valence-electron chi connectivity index (χ1n) is 7.57. The van der Waals surface area contributed by atoms with Crippen LogP contribution in [0.1, 0.15) is 0 Å². The second-order valence-corrected chi connectivity index (χ2v) is 5.50. The fourth-order valence-corrected chi connectivity index (χ4v) is 2.55. The van der Waals surface area contributed by atoms with Gasteiger partial charge < -0.3 is 5.32 Å². The maximum absolute atomic E-state index is 12.3. The van der Waals surface area contributed by atoms with Crippen LogP contribution in [-0.4, -0.2) is 47.1 Å². The van der Waals surface area contributed by atoms with Crippen LogP contribution >= 0.6 is 0 Å². The maximum Gasteiger partial charge on any atom is 0.334 e. The number of rotatable bonds is 4. The van der Waals surface area contributed by atoms with E-state index in [1.807, 2.05) is 42.5 Å². The standard InChI is InChI=1S/C18H15N3O4/c1-20-16(23)17(24)21(18(20)25)11-15(22)19-14-10-6-5-9-13(14)12-7-3-2-4-8-12/h2-10H,11H2,1H3,(H,19,22). The van der Waals surface area contributed by atoms with E-state index in [1.54, 1.807) is 12.1 Å². The third-order valence-electron chi connectivity index (χ3n) is 3.84. The van der Waals surface area contributed by atoms with Gasteiger partial charge in [0.15, 0.2) is 0 Å². The molecule has 1 aliphatic heterocycles. The molecule has 0 aromatic heterocycles. The average Bonchev–Trinajstić information content (AvgIpc) is 2.81. The highest BCUT2D eigenvalue weighted by molar-refractivity contribution is 6.44. The van der Waals surface area contributed by atoms with Crippen molar-refractivity contribution in [2.45, 2.75) is 0 Å². The minimum atomic E-state index is -1.00. The Kier molecular flexibility index (Phi) is 4.30. The molecule has 7 nitrogen and oxygen atoms in total. The Bertz CT molecular complexity index is 864. The number of urea groups is 1. The molecule has 0 spiro atoms. The van der Waals surface area contributed by atoms with E-state index in [0.717, 1.165) is 11.1 Å². The number of benzene rings is 2. The molecule has 7 heteroatoms. The number of hydrogen-bond donors (Lipinski definition) is 1. The number of hydrogen-bond acceptors (Lipinski definition) is 4. The van der Waals surface area contributed by atoms with Gasteiger partial charge in [-0.3, -0.25) is 19.3 Å². The summed E-state index contributed by atoms with van der Waals surface area (Å²) < 4.78 is 0. The Labute approximate surface area is 143 Å². The summed E-state index contributed by atoms with van der Waals surface area (Å²) in [6.45, 7) is -0.517. The Morgan fingerprint density at radius 1 is 0.920 bits per heavy atom. The summed E-state index contributed by atoms with van der Waals surface area (Å²) in [6, 6.07) is 15.9. The molecule has 2 aromatic rings. The van der Waals surface area contributed by atoms with Gasteiger partial charge in [0, 0.05) is 18.3 Å². The summed E-state index contributed by atoms with van der Waals surface area (Å²) >= 11 is 0. The minimum Gasteiger partial charge on any atom is -0.324 e. The second kappa shape index (κ2) is 6.56. The molecule has 1 fully saturated rings. The van der Waals surface area contributed by atoms with Crippen molar-refractivity contribution in [1.29, 1.82) is 0 Å². The van der Waals surface area contributed by atoms with Gasteiger partial charge in [-0.2, -0.15) is 0 Å². The number of imide groups is 2. The van der Waals surface area contributed by atoms with Crippen LogP contribution in [0, 0.1) is 0 Å². The van der Waals surface area contributed by atoms with Crippen LogP contribution in [-0.2, 0) is 14.4 Å². The lowest BCUT2D eigenvalue weighted by Gasteiger charge is -2.15. The summed E-state index contributed by atoms with van der Waals surface area (Å²) in [5, 5.41) is 2.69. The van der Waals surface area contributed by atoms with Crippen LogP contribution in [0.4, 0.5) is 10.5 Å². The molecule has 0 saturated carbocycles. The summed E-state index contributed by atoms with van der Waals surface area (Å²) in [5.74, 6) is -2.50. The Morgan fingerprint density at radius 2 is 1.56 bits per heavy atom. The number of carbonyl (C=O) groups excluding carboxylic acids is 4. The minimum absolute atomic E-state index is 0.517. The van der Waals surface area contributed by atoms with Crippen LogP contribution in [0.2, 0.25) is 0 Å². The van der Waals surface area contributed by atoms with Gasteiger partial charge in [-0.05, 0) is 11.6 Å². The van der Waals surface area contributed by atoms with Gasteiger partial charge >= 0.3 is 17.8 Å². The van der Waals surface area contributed by atoms with Crippen molar-refractivity contribution in [3.8, 4) is 11.1 Å². The first-order valence-corrected chi connectivity index (χ1v) is 7.57. The third-order valence-corrected chi connectivity index (χ3v) is 3.84. The molecule has 1 N–H and O–H groups in total. The molecule has 0 unspecified atom stereocenters. The largest absolute Gasteiger partial charge is 0.334 e. The molecule has 0 aliphatic carbocycles. The van der Waals surface area contributed by atoms with Gasteiger partial charge in [0.25, 0.3) is 0 Å². The number of carbonyl (C=O) groups is 4. The molecule has 3 rings (SSSR count). The third kappa shape index (κ3) is 3.12. The number of likely N-dealkylation sites (N-methyl/N-ethyl adjacent to an activating group) is 1. The van der Waals surface area contributed by atoms with Crippen LogP contribution < -0.4 is 5.32 Å². The van der Waals surface area contributed by atoms with E-state index in [9.17, 15) is 19.2 Å². The molecular weight excluding hydrogens is 322 g/mol. The molecule has 0 atom stereocenters. The highest BCUT2D eigenvalue weighted by Gasteiger charge is 2.42. The quantitative estimate of drug-likeness (QED) is 0.680. The van der Waals surface area contributed by atoms with Gasteiger partial charge in [0.2, 0.25) is 5.91 Å². The highest BCUT2D eigenvalue weighted by Crippen LogP contribution is 2.27. The fraction of sp³-hybridized carbons (Fsp3) is 0.111. The van der Waals surface area contributed by atoms with Crippen molar-refractivity contribution >= 4 is 29.4 Å². The normalized spacial score (nSPS) is 14.2. The summed E-state index contributed by atoms with van der Waals surface area (Å²) in [4.78, 5) is 48.6. The van der Waals surface area contributed by atoms with Crippen molar-refractivity contribution in [2.24, 2.45) is 0 Å². The Morgan fingerprint density at radius 3 is 2.20 bits per heavy atom. The van der Waals surface area contributed by atoms with Crippen molar-refractivity contribution in [2.75, 3.05) is 18.9 Å². The lowest BCUT2D eigenvalue weighted by Crippen LogP contribution is -2.38. The number of nitrogens with zero attached hydrogens (tertiary/aromatic N) is 2. The zero-order valence-electron chi connectivity index (χ0n) is 13.4. The van der Waals surface area contributed by atoms with E-state index >= 15 is 0 Å². The summed E-state index contributed by atoms with van der Waals surface area (Å²) in [5.41, 5.74) is 2.28. The lowest BCUT2D eigenvalue weighted by atomic mass is 10.0. The smallest absolute Gasteiger partial charge is 0.324 e. The maximum atomic E-state index is 12.3.